The van der Waals surface area contributed by atoms with E-state index in [-0.39, 0.29) is 17.5 Å². The van der Waals surface area contributed by atoms with Gasteiger partial charge >= 0.3 is 7.05 Å². The fraction of sp³-hybridized carbons (Fsp3) is 0.381. The number of fused-ring (bicyclic) bond motifs is 2. The van der Waals surface area contributed by atoms with Crippen LogP contribution in [0, 0.1) is 0 Å². The second-order valence-corrected chi connectivity index (χ2v) is 8.29. The van der Waals surface area contributed by atoms with Gasteiger partial charge in [0.1, 0.15) is 11.4 Å². The number of carbonyl (C=O) groups excluding carboxylic acids is 1. The molecule has 0 aliphatic carbocycles. The van der Waals surface area contributed by atoms with Crippen LogP contribution in [0.2, 0.25) is 6.82 Å². The molecule has 160 valence electrons. The summed E-state index contributed by atoms with van der Waals surface area (Å²) in [5.41, 5.74) is 4.01. The minimum absolute atomic E-state index is 0.0389. The Morgan fingerprint density at radius 2 is 2.03 bits per heavy atom. The fourth-order valence-electron chi connectivity index (χ4n) is 4.75. The number of H-pyrrole nitrogens is 2. The number of benzene rings is 1. The van der Waals surface area contributed by atoms with Crippen LogP contribution in [-0.4, -0.2) is 68.8 Å². The molecule has 0 spiro atoms. The third kappa shape index (κ3) is 3.32. The number of carbonyl (C=O) groups is 1. The number of aromatic nitrogens is 3. The van der Waals surface area contributed by atoms with E-state index in [0.717, 1.165) is 42.5 Å². The van der Waals surface area contributed by atoms with E-state index in [1.54, 1.807) is 26.1 Å². The number of hydrogen-bond acceptors (Lipinski definition) is 6. The molecule has 31 heavy (non-hydrogen) atoms. The van der Waals surface area contributed by atoms with Gasteiger partial charge in [-0.25, -0.2) is 4.98 Å². The number of amides is 1. The van der Waals surface area contributed by atoms with Crippen molar-refractivity contribution in [3.05, 3.63) is 45.9 Å². The Labute approximate surface area is 179 Å². The van der Waals surface area contributed by atoms with E-state index >= 15 is 0 Å². The van der Waals surface area contributed by atoms with Crippen LogP contribution in [0.1, 0.15) is 28.8 Å². The lowest BCUT2D eigenvalue weighted by atomic mass is 9.82. The van der Waals surface area contributed by atoms with Crippen LogP contribution in [0.5, 0.6) is 0 Å². The smallest absolute Gasteiger partial charge is 0.376 e. The number of rotatable bonds is 4. The summed E-state index contributed by atoms with van der Waals surface area (Å²) in [6.07, 6.45) is 3.30. The van der Waals surface area contributed by atoms with E-state index < -0.39 is 7.05 Å². The summed E-state index contributed by atoms with van der Waals surface area (Å²) >= 11 is 0. The van der Waals surface area contributed by atoms with Gasteiger partial charge < -0.3 is 30.0 Å². The largest absolute Gasteiger partial charge is 0.437 e. The van der Waals surface area contributed by atoms with E-state index in [1.165, 1.54) is 0 Å². The Kier molecular flexibility index (Phi) is 4.83. The highest BCUT2D eigenvalue weighted by Gasteiger charge is 2.36. The molecule has 4 N–H and O–H groups in total. The fourth-order valence-corrected chi connectivity index (χ4v) is 4.75. The first-order valence-electron chi connectivity index (χ1n) is 10.6. The van der Waals surface area contributed by atoms with Gasteiger partial charge in [-0.05, 0) is 56.5 Å². The Hall–Kier alpha value is -3.11. The first-order chi connectivity index (χ1) is 15.0. The van der Waals surface area contributed by atoms with Crippen molar-refractivity contribution in [1.29, 1.82) is 0 Å². The molecule has 1 saturated heterocycles. The molecule has 9 nitrogen and oxygen atoms in total. The van der Waals surface area contributed by atoms with Crippen molar-refractivity contribution < 1.29 is 9.82 Å². The predicted octanol–water partition coefficient (Wildman–Crippen LogP) is 1.49. The van der Waals surface area contributed by atoms with Gasteiger partial charge in [-0.1, -0.05) is 0 Å². The van der Waals surface area contributed by atoms with Crippen molar-refractivity contribution in [3.8, 4) is 11.4 Å². The van der Waals surface area contributed by atoms with Crippen molar-refractivity contribution in [2.45, 2.75) is 32.3 Å². The Morgan fingerprint density at radius 1 is 1.26 bits per heavy atom. The molecule has 0 radical (unpaired) electrons. The van der Waals surface area contributed by atoms with Crippen LogP contribution in [0.4, 0.5) is 5.69 Å². The summed E-state index contributed by atoms with van der Waals surface area (Å²) in [6, 6.07) is 5.76. The Morgan fingerprint density at radius 3 is 2.74 bits per heavy atom. The average Bonchev–Trinajstić information content (AvgIpc) is 3.32. The van der Waals surface area contributed by atoms with Gasteiger partial charge in [0.05, 0.1) is 16.7 Å². The van der Waals surface area contributed by atoms with Crippen molar-refractivity contribution in [2.24, 2.45) is 0 Å². The van der Waals surface area contributed by atoms with Crippen LogP contribution in [0.3, 0.4) is 0 Å². The number of hydrogen-bond donors (Lipinski definition) is 4. The summed E-state index contributed by atoms with van der Waals surface area (Å²) in [5.74, 6) is 0.511. The predicted molar refractivity (Wildman–Crippen MR) is 120 cm³/mol. The molecule has 10 heteroatoms. The lowest BCUT2D eigenvalue weighted by Gasteiger charge is -2.37. The molecule has 2 aliphatic heterocycles. The van der Waals surface area contributed by atoms with E-state index in [9.17, 15) is 14.6 Å². The lowest BCUT2D eigenvalue weighted by Crippen LogP contribution is -2.49. The molecule has 0 bridgehead atoms. The molecule has 2 aromatic heterocycles. The zero-order valence-corrected chi connectivity index (χ0v) is 17.6. The number of imidazole rings is 1. The minimum atomic E-state index is -0.450. The molecule has 0 saturated carbocycles. The van der Waals surface area contributed by atoms with E-state index in [4.69, 9.17) is 0 Å². The third-order valence-corrected chi connectivity index (χ3v) is 6.47. The monoisotopic (exact) mass is 420 g/mol. The summed E-state index contributed by atoms with van der Waals surface area (Å²) in [6.45, 7) is 3.92. The van der Waals surface area contributed by atoms with Gasteiger partial charge in [0.15, 0.2) is 0 Å². The van der Waals surface area contributed by atoms with E-state index in [0.29, 0.717) is 29.2 Å². The van der Waals surface area contributed by atoms with Crippen molar-refractivity contribution in [3.63, 3.8) is 0 Å². The summed E-state index contributed by atoms with van der Waals surface area (Å²) in [5, 5.41) is 12.8. The van der Waals surface area contributed by atoms with Crippen LogP contribution in [-0.2, 0) is 6.54 Å². The van der Waals surface area contributed by atoms with Gasteiger partial charge in [-0.3, -0.25) is 9.59 Å². The topological polar surface area (TPSA) is 117 Å². The van der Waals surface area contributed by atoms with E-state index in [1.807, 2.05) is 21.8 Å². The molecule has 5 rings (SSSR count). The van der Waals surface area contributed by atoms with Crippen LogP contribution >= 0.6 is 0 Å². The molecule has 1 fully saturated rings. The number of aromatic amines is 2. The van der Waals surface area contributed by atoms with E-state index in [2.05, 4.69) is 20.3 Å². The highest BCUT2D eigenvalue weighted by Crippen LogP contribution is 2.32. The van der Waals surface area contributed by atoms with Crippen LogP contribution in [0.25, 0.3) is 22.4 Å². The third-order valence-electron chi connectivity index (χ3n) is 6.47. The quantitative estimate of drug-likeness (QED) is 0.475. The van der Waals surface area contributed by atoms with Crippen LogP contribution < -0.4 is 10.9 Å². The maximum atomic E-state index is 13.2. The number of pyridine rings is 1. The second-order valence-electron chi connectivity index (χ2n) is 8.29. The zero-order chi connectivity index (χ0) is 21.7. The number of nitrogens with zero attached hydrogens (tertiary/aromatic N) is 3. The van der Waals surface area contributed by atoms with Crippen molar-refractivity contribution >= 4 is 29.7 Å². The van der Waals surface area contributed by atoms with Crippen LogP contribution in [0.15, 0.2) is 29.2 Å². The molecule has 4 heterocycles. The molecule has 0 atom stereocenters. The van der Waals surface area contributed by atoms with Crippen molar-refractivity contribution in [2.75, 3.05) is 25.5 Å². The maximum absolute atomic E-state index is 13.2. The summed E-state index contributed by atoms with van der Waals surface area (Å²) < 4.78 is 0. The molecule has 1 aromatic carbocycles. The first kappa shape index (κ1) is 19.8. The first-order valence-corrected chi connectivity index (χ1v) is 10.6. The standard InChI is InChI=1S/C21H25BN6O3/c1-22(31)27-7-4-13(5-8-27)28-11-12-9-16-17(10-14(12)21(28)30)26-19(25-16)18-15(23-2)3-6-24-20(18)29/h3,6,9-10,13,31H,4-5,7-8,11H2,1-2H3,(H,25,26)(H2,23,24,29). The molecule has 3 aromatic rings. The molecule has 0 unspecified atom stereocenters. The number of nitrogens with one attached hydrogen (secondary N) is 3. The summed E-state index contributed by atoms with van der Waals surface area (Å²) in [7, 11) is 1.31. The molecule has 2 aliphatic rings. The number of anilines is 1. The summed E-state index contributed by atoms with van der Waals surface area (Å²) in [4.78, 5) is 40.1. The molecular formula is C21H25BN6O3. The molecular weight excluding hydrogens is 395 g/mol. The van der Waals surface area contributed by atoms with Crippen molar-refractivity contribution in [1.82, 2.24) is 24.7 Å². The molecule has 1 amide bonds. The van der Waals surface area contributed by atoms with Gasteiger partial charge in [-0.2, -0.15) is 0 Å². The lowest BCUT2D eigenvalue weighted by molar-refractivity contribution is 0.0636. The Balaban J connectivity index is 1.44. The van der Waals surface area contributed by atoms with Gasteiger partial charge in [0, 0.05) is 31.4 Å². The second kappa shape index (κ2) is 7.54. The van der Waals surface area contributed by atoms with Gasteiger partial charge in [0.25, 0.3) is 11.5 Å². The highest BCUT2D eigenvalue weighted by atomic mass is 16.2. The Bertz CT molecular complexity index is 1210. The average molecular weight is 420 g/mol. The zero-order valence-electron chi connectivity index (χ0n) is 17.6. The van der Waals surface area contributed by atoms with Gasteiger partial charge in [-0.15, -0.1) is 0 Å². The number of piperidine rings is 1. The SMILES string of the molecule is CNc1cc[nH]c(=O)c1-c1nc2cc3c(cc2[nH]1)C(=O)N(C1CCN(B(C)O)CC1)C3. The minimum Gasteiger partial charge on any atom is -0.437 e. The highest BCUT2D eigenvalue weighted by molar-refractivity contribution is 6.45. The van der Waals surface area contributed by atoms with Gasteiger partial charge in [0.2, 0.25) is 0 Å². The maximum Gasteiger partial charge on any atom is 0.376 e. The normalized spacial score (nSPS) is 17.4.